The molecule has 0 saturated heterocycles. The molecule has 0 radical (unpaired) electrons. The smallest absolute Gasteiger partial charge is 0.132 e. The average molecular weight is 206 g/mol. The maximum absolute atomic E-state index is 11.0. The lowest BCUT2D eigenvalue weighted by Crippen LogP contribution is -2.34. The van der Waals surface area contributed by atoms with E-state index in [9.17, 15) is 4.79 Å². The van der Waals surface area contributed by atoms with E-state index in [0.717, 1.165) is 32.2 Å². The second-order valence-electron chi connectivity index (χ2n) is 4.51. The molecule has 2 nitrogen and oxygen atoms in total. The summed E-state index contributed by atoms with van der Waals surface area (Å²) in [5.74, 6) is 1.08. The minimum atomic E-state index is 0. The summed E-state index contributed by atoms with van der Waals surface area (Å²) < 4.78 is 0. The number of ketones is 1. The Bertz CT molecular complexity index is 170. The summed E-state index contributed by atoms with van der Waals surface area (Å²) in [7, 11) is 0. The second-order valence-corrected chi connectivity index (χ2v) is 4.51. The number of hydrogen-bond acceptors (Lipinski definition) is 2. The van der Waals surface area contributed by atoms with E-state index >= 15 is 0 Å². The van der Waals surface area contributed by atoms with Gasteiger partial charge >= 0.3 is 0 Å². The molecule has 2 N–H and O–H groups in total. The van der Waals surface area contributed by atoms with Gasteiger partial charge in [-0.05, 0) is 30.7 Å². The summed E-state index contributed by atoms with van der Waals surface area (Å²) in [5, 5.41) is 0. The molecule has 1 saturated carbocycles. The molecule has 3 heteroatoms. The van der Waals surface area contributed by atoms with Gasteiger partial charge in [0.25, 0.3) is 0 Å². The Kier molecular flexibility index (Phi) is 4.93. The van der Waals surface area contributed by atoms with Crippen LogP contribution in [0.25, 0.3) is 0 Å². The van der Waals surface area contributed by atoms with Crippen molar-refractivity contribution in [2.24, 2.45) is 17.1 Å². The minimum Gasteiger partial charge on any atom is -0.330 e. The highest BCUT2D eigenvalue weighted by Gasteiger charge is 2.31. The van der Waals surface area contributed by atoms with Crippen LogP contribution in [0.1, 0.15) is 39.5 Å². The first-order chi connectivity index (χ1) is 5.56. The third kappa shape index (κ3) is 3.28. The van der Waals surface area contributed by atoms with Crippen molar-refractivity contribution in [3.63, 3.8) is 0 Å². The van der Waals surface area contributed by atoms with Crippen molar-refractivity contribution < 1.29 is 4.79 Å². The fourth-order valence-electron chi connectivity index (χ4n) is 1.89. The van der Waals surface area contributed by atoms with E-state index in [1.807, 2.05) is 0 Å². The number of carbonyl (C=O) groups excluding carboxylic acids is 1. The van der Waals surface area contributed by atoms with Gasteiger partial charge in [0, 0.05) is 12.8 Å². The minimum absolute atomic E-state index is 0. The Labute approximate surface area is 86.7 Å². The monoisotopic (exact) mass is 205 g/mol. The zero-order chi connectivity index (χ0) is 9.19. The van der Waals surface area contributed by atoms with Crippen LogP contribution in [0, 0.1) is 11.3 Å². The number of rotatable bonds is 2. The summed E-state index contributed by atoms with van der Waals surface area (Å²) >= 11 is 0. The molecule has 1 aliphatic carbocycles. The number of halogens is 1. The summed E-state index contributed by atoms with van der Waals surface area (Å²) in [6.45, 7) is 5.13. The zero-order valence-corrected chi connectivity index (χ0v) is 9.32. The van der Waals surface area contributed by atoms with Gasteiger partial charge in [-0.15, -0.1) is 12.4 Å². The first kappa shape index (κ1) is 12.9. The van der Waals surface area contributed by atoms with Crippen LogP contribution in [0.4, 0.5) is 0 Å². The van der Waals surface area contributed by atoms with E-state index < -0.39 is 0 Å². The molecule has 0 aliphatic heterocycles. The van der Waals surface area contributed by atoms with Crippen LogP contribution in [0.2, 0.25) is 0 Å². The first-order valence-corrected chi connectivity index (χ1v) is 4.78. The fourth-order valence-corrected chi connectivity index (χ4v) is 1.89. The predicted molar refractivity (Wildman–Crippen MR) is 57.0 cm³/mol. The number of hydrogen-bond donors (Lipinski definition) is 1. The van der Waals surface area contributed by atoms with E-state index in [4.69, 9.17) is 5.73 Å². The second kappa shape index (κ2) is 4.97. The van der Waals surface area contributed by atoms with Crippen molar-refractivity contribution in [3.8, 4) is 0 Å². The van der Waals surface area contributed by atoms with Crippen LogP contribution < -0.4 is 5.73 Å². The standard InChI is InChI=1S/C10H19NO.ClH/c1-10(2,7-11)8-3-5-9(12)6-4-8;/h8H,3-7,11H2,1-2H3;1H. The van der Waals surface area contributed by atoms with Crippen molar-refractivity contribution in [2.75, 3.05) is 6.54 Å². The number of carbonyl (C=O) groups is 1. The van der Waals surface area contributed by atoms with E-state index in [1.165, 1.54) is 0 Å². The normalized spacial score (nSPS) is 19.8. The molecule has 13 heavy (non-hydrogen) atoms. The predicted octanol–water partition coefficient (Wildman–Crippen LogP) is 2.15. The summed E-state index contributed by atoms with van der Waals surface area (Å²) in [6, 6.07) is 0. The van der Waals surface area contributed by atoms with E-state index in [0.29, 0.717) is 11.7 Å². The third-order valence-corrected chi connectivity index (χ3v) is 3.17. The Hall–Kier alpha value is -0.0800. The van der Waals surface area contributed by atoms with Gasteiger partial charge in [-0.3, -0.25) is 4.79 Å². The van der Waals surface area contributed by atoms with Crippen molar-refractivity contribution in [3.05, 3.63) is 0 Å². The van der Waals surface area contributed by atoms with Gasteiger partial charge in [0.2, 0.25) is 0 Å². The highest BCUT2D eigenvalue weighted by molar-refractivity contribution is 5.85. The third-order valence-electron chi connectivity index (χ3n) is 3.17. The van der Waals surface area contributed by atoms with Gasteiger partial charge < -0.3 is 5.73 Å². The molecule has 0 aromatic heterocycles. The van der Waals surface area contributed by atoms with Gasteiger partial charge in [-0.1, -0.05) is 13.8 Å². The molecule has 78 valence electrons. The number of nitrogens with two attached hydrogens (primary N) is 1. The van der Waals surface area contributed by atoms with Crippen LogP contribution in [-0.2, 0) is 4.79 Å². The molecule has 0 aromatic rings. The molecular weight excluding hydrogens is 186 g/mol. The van der Waals surface area contributed by atoms with E-state index in [-0.39, 0.29) is 17.8 Å². The topological polar surface area (TPSA) is 43.1 Å². The quantitative estimate of drug-likeness (QED) is 0.751. The highest BCUT2D eigenvalue weighted by Crippen LogP contribution is 2.36. The molecule has 0 aromatic carbocycles. The first-order valence-electron chi connectivity index (χ1n) is 4.78. The van der Waals surface area contributed by atoms with E-state index in [1.54, 1.807) is 0 Å². The Morgan fingerprint density at radius 3 is 2.23 bits per heavy atom. The molecule has 0 bridgehead atoms. The van der Waals surface area contributed by atoms with Gasteiger partial charge in [-0.25, -0.2) is 0 Å². The molecular formula is C10H20ClNO. The molecule has 1 fully saturated rings. The molecule has 0 amide bonds. The van der Waals surface area contributed by atoms with Crippen molar-refractivity contribution in [2.45, 2.75) is 39.5 Å². The highest BCUT2D eigenvalue weighted by atomic mass is 35.5. The maximum atomic E-state index is 11.0. The lowest BCUT2D eigenvalue weighted by atomic mass is 9.71. The van der Waals surface area contributed by atoms with Crippen LogP contribution in [0.3, 0.4) is 0 Å². The number of Topliss-reactive ketones (excluding diaryl/α,β-unsaturated/α-hetero) is 1. The van der Waals surface area contributed by atoms with Gasteiger partial charge in [-0.2, -0.15) is 0 Å². The van der Waals surface area contributed by atoms with Crippen molar-refractivity contribution in [1.82, 2.24) is 0 Å². The van der Waals surface area contributed by atoms with Crippen LogP contribution in [-0.4, -0.2) is 12.3 Å². The largest absolute Gasteiger partial charge is 0.330 e. The zero-order valence-electron chi connectivity index (χ0n) is 8.51. The van der Waals surface area contributed by atoms with Gasteiger partial charge in [0.15, 0.2) is 0 Å². The van der Waals surface area contributed by atoms with Crippen LogP contribution >= 0.6 is 12.4 Å². The molecule has 1 rings (SSSR count). The average Bonchev–Trinajstić information content (AvgIpc) is 2.05. The van der Waals surface area contributed by atoms with Crippen molar-refractivity contribution in [1.29, 1.82) is 0 Å². The Morgan fingerprint density at radius 1 is 1.38 bits per heavy atom. The summed E-state index contributed by atoms with van der Waals surface area (Å²) in [5.41, 5.74) is 5.91. The van der Waals surface area contributed by atoms with Gasteiger partial charge in [0.1, 0.15) is 5.78 Å². The SMILES string of the molecule is CC(C)(CN)C1CCC(=O)CC1.Cl. The van der Waals surface area contributed by atoms with Crippen LogP contribution in [0.15, 0.2) is 0 Å². The van der Waals surface area contributed by atoms with Crippen molar-refractivity contribution >= 4 is 18.2 Å². The molecule has 0 heterocycles. The lowest BCUT2D eigenvalue weighted by molar-refractivity contribution is -0.121. The Balaban J connectivity index is 0.00000144. The lowest BCUT2D eigenvalue weighted by Gasteiger charge is -2.35. The van der Waals surface area contributed by atoms with Gasteiger partial charge in [0.05, 0.1) is 0 Å². The molecule has 0 spiro atoms. The maximum Gasteiger partial charge on any atom is 0.132 e. The summed E-state index contributed by atoms with van der Waals surface area (Å²) in [6.07, 6.45) is 3.63. The summed E-state index contributed by atoms with van der Waals surface area (Å²) in [4.78, 5) is 11.0. The Morgan fingerprint density at radius 2 is 1.85 bits per heavy atom. The molecule has 1 aliphatic rings. The molecule has 0 unspecified atom stereocenters. The molecule has 0 atom stereocenters. The fraction of sp³-hybridized carbons (Fsp3) is 0.900. The van der Waals surface area contributed by atoms with Crippen LogP contribution in [0.5, 0.6) is 0 Å². The van der Waals surface area contributed by atoms with E-state index in [2.05, 4.69) is 13.8 Å².